The molecule has 1 fully saturated rings. The van der Waals surface area contributed by atoms with E-state index in [4.69, 9.17) is 0 Å². The fraction of sp³-hybridized carbons (Fsp3) is 0.556. The number of rotatable bonds is 3. The number of piperazine rings is 1. The number of hydrogen-bond acceptors (Lipinski definition) is 4. The molecule has 8 heteroatoms. The van der Waals surface area contributed by atoms with Gasteiger partial charge in [-0.25, -0.2) is 8.42 Å². The Bertz CT molecular complexity index is 821. The van der Waals surface area contributed by atoms with Gasteiger partial charge in [-0.15, -0.1) is 0 Å². The Morgan fingerprint density at radius 3 is 2.42 bits per heavy atom. The van der Waals surface area contributed by atoms with Gasteiger partial charge in [0.05, 0.1) is 4.90 Å². The zero-order chi connectivity index (χ0) is 18.9. The van der Waals surface area contributed by atoms with E-state index in [-0.39, 0.29) is 30.4 Å². The third-order valence-electron chi connectivity index (χ3n) is 5.24. The van der Waals surface area contributed by atoms with Crippen molar-refractivity contribution in [3.8, 4) is 0 Å². The van der Waals surface area contributed by atoms with Crippen LogP contribution in [0.3, 0.4) is 0 Å². The van der Waals surface area contributed by atoms with E-state index in [1.165, 1.54) is 17.4 Å². The van der Waals surface area contributed by atoms with Gasteiger partial charge in [-0.1, -0.05) is 12.5 Å². The molecule has 0 aromatic heterocycles. The molecule has 142 valence electrons. The number of aliphatic carboxylic acids is 1. The molecule has 1 aliphatic heterocycles. The summed E-state index contributed by atoms with van der Waals surface area (Å²) in [7, 11) is -3.94. The molecule has 1 atom stereocenters. The smallest absolute Gasteiger partial charge is 0.323 e. The molecule has 0 unspecified atom stereocenters. The highest BCUT2D eigenvalue weighted by molar-refractivity contribution is 7.89. The lowest BCUT2D eigenvalue weighted by molar-refractivity contribution is -0.145. The van der Waals surface area contributed by atoms with Crippen LogP contribution in [0.15, 0.2) is 23.1 Å². The van der Waals surface area contributed by atoms with Crippen LogP contribution < -0.4 is 0 Å². The lowest BCUT2D eigenvalue weighted by Gasteiger charge is -2.38. The second kappa shape index (κ2) is 7.36. The second-order valence-electron chi connectivity index (χ2n) is 6.93. The van der Waals surface area contributed by atoms with Crippen molar-refractivity contribution in [2.75, 3.05) is 19.6 Å². The Balaban J connectivity index is 1.93. The topological polar surface area (TPSA) is 95.0 Å². The first-order valence-electron chi connectivity index (χ1n) is 8.92. The molecule has 1 aromatic rings. The van der Waals surface area contributed by atoms with E-state index in [0.29, 0.717) is 0 Å². The molecule has 1 aliphatic carbocycles. The first kappa shape index (κ1) is 18.8. The number of hydrogen-bond donors (Lipinski definition) is 1. The monoisotopic (exact) mass is 380 g/mol. The summed E-state index contributed by atoms with van der Waals surface area (Å²) in [6.07, 6.45) is 5.06. The Kier molecular flexibility index (Phi) is 5.34. The minimum atomic E-state index is -3.94. The number of carboxylic acid groups (broad SMARTS) is 1. The van der Waals surface area contributed by atoms with E-state index in [1.807, 2.05) is 6.07 Å². The predicted molar refractivity (Wildman–Crippen MR) is 95.3 cm³/mol. The van der Waals surface area contributed by atoms with Crippen molar-refractivity contribution in [2.45, 2.75) is 50.0 Å². The highest BCUT2D eigenvalue weighted by Gasteiger charge is 2.41. The largest absolute Gasteiger partial charge is 0.480 e. The van der Waals surface area contributed by atoms with E-state index in [0.717, 1.165) is 42.0 Å². The molecule has 1 N–H and O–H groups in total. The standard InChI is InChI=1S/C18H24N2O5S/c1-13(21)19-9-10-20(17(12-19)18(22)23)26(24,25)16-8-7-14-5-3-2-4-6-15(14)11-16/h7-8,11,17H,2-6,9-10,12H2,1H3,(H,22,23)/t17-/m1/s1. The van der Waals surface area contributed by atoms with Crippen molar-refractivity contribution in [3.05, 3.63) is 29.3 Å². The summed E-state index contributed by atoms with van der Waals surface area (Å²) < 4.78 is 27.2. The number of carboxylic acids is 1. The van der Waals surface area contributed by atoms with Gasteiger partial charge in [0, 0.05) is 26.6 Å². The van der Waals surface area contributed by atoms with Crippen LogP contribution in [0.2, 0.25) is 0 Å². The van der Waals surface area contributed by atoms with Crippen LogP contribution in [0.1, 0.15) is 37.3 Å². The Labute approximate surface area is 153 Å². The summed E-state index contributed by atoms with van der Waals surface area (Å²) in [5.74, 6) is -1.49. The molecule has 0 spiro atoms. The number of aryl methyl sites for hydroxylation is 2. The fourth-order valence-electron chi connectivity index (χ4n) is 3.72. The lowest BCUT2D eigenvalue weighted by atomic mass is 10.0. The van der Waals surface area contributed by atoms with Crippen LogP contribution in [0.4, 0.5) is 0 Å². The van der Waals surface area contributed by atoms with E-state index >= 15 is 0 Å². The van der Waals surface area contributed by atoms with Crippen molar-refractivity contribution in [2.24, 2.45) is 0 Å². The number of carbonyl (C=O) groups is 2. The van der Waals surface area contributed by atoms with E-state index in [1.54, 1.807) is 12.1 Å². The van der Waals surface area contributed by atoms with Crippen molar-refractivity contribution in [1.82, 2.24) is 9.21 Å². The second-order valence-corrected chi connectivity index (χ2v) is 8.82. The lowest BCUT2D eigenvalue weighted by Crippen LogP contribution is -2.58. The maximum absolute atomic E-state index is 13.1. The minimum Gasteiger partial charge on any atom is -0.480 e. The summed E-state index contributed by atoms with van der Waals surface area (Å²) in [6.45, 7) is 1.41. The highest BCUT2D eigenvalue weighted by atomic mass is 32.2. The third-order valence-corrected chi connectivity index (χ3v) is 7.14. The molecule has 0 radical (unpaired) electrons. The molecule has 0 bridgehead atoms. The van der Waals surface area contributed by atoms with Crippen molar-refractivity contribution < 1.29 is 23.1 Å². The molecular weight excluding hydrogens is 356 g/mol. The minimum absolute atomic E-state index is 0.0179. The van der Waals surface area contributed by atoms with E-state index < -0.39 is 22.0 Å². The van der Waals surface area contributed by atoms with Gasteiger partial charge in [0.2, 0.25) is 15.9 Å². The number of amides is 1. The number of sulfonamides is 1. The Morgan fingerprint density at radius 1 is 1.08 bits per heavy atom. The normalized spacial score (nSPS) is 21.7. The Morgan fingerprint density at radius 2 is 1.77 bits per heavy atom. The Hall–Kier alpha value is -1.93. The first-order chi connectivity index (χ1) is 12.3. The maximum Gasteiger partial charge on any atom is 0.323 e. The van der Waals surface area contributed by atoms with Gasteiger partial charge in [0.25, 0.3) is 0 Å². The van der Waals surface area contributed by atoms with Crippen LogP contribution in [-0.4, -0.2) is 60.3 Å². The van der Waals surface area contributed by atoms with Gasteiger partial charge < -0.3 is 10.0 Å². The molecule has 26 heavy (non-hydrogen) atoms. The van der Waals surface area contributed by atoms with E-state index in [9.17, 15) is 23.1 Å². The van der Waals surface area contributed by atoms with Crippen LogP contribution in [0.5, 0.6) is 0 Å². The van der Waals surface area contributed by atoms with Crippen LogP contribution in [-0.2, 0) is 32.5 Å². The molecule has 3 rings (SSSR count). The number of fused-ring (bicyclic) bond motifs is 1. The number of carbonyl (C=O) groups excluding carboxylic acids is 1. The molecule has 2 aliphatic rings. The molecule has 1 amide bonds. The molecule has 7 nitrogen and oxygen atoms in total. The molecule has 0 saturated carbocycles. The maximum atomic E-state index is 13.1. The first-order valence-corrected chi connectivity index (χ1v) is 10.4. The summed E-state index contributed by atoms with van der Waals surface area (Å²) >= 11 is 0. The SMILES string of the molecule is CC(=O)N1CCN(S(=O)(=O)c2ccc3c(c2)CCCCC3)[C@@H](C(=O)O)C1. The van der Waals surface area contributed by atoms with Crippen molar-refractivity contribution >= 4 is 21.9 Å². The van der Waals surface area contributed by atoms with Gasteiger partial charge in [0.1, 0.15) is 6.04 Å². The molecule has 1 aromatic carbocycles. The predicted octanol–water partition coefficient (Wildman–Crippen LogP) is 1.26. The molecule has 1 saturated heterocycles. The number of benzene rings is 1. The third kappa shape index (κ3) is 3.61. The van der Waals surface area contributed by atoms with Gasteiger partial charge >= 0.3 is 5.97 Å². The quantitative estimate of drug-likeness (QED) is 0.797. The summed E-state index contributed by atoms with van der Waals surface area (Å²) in [5, 5.41) is 9.50. The van der Waals surface area contributed by atoms with Gasteiger partial charge in [-0.2, -0.15) is 4.31 Å². The summed E-state index contributed by atoms with van der Waals surface area (Å²) in [6, 6.07) is 3.87. The summed E-state index contributed by atoms with van der Waals surface area (Å²) in [5.41, 5.74) is 2.22. The highest BCUT2D eigenvalue weighted by Crippen LogP contribution is 2.27. The van der Waals surface area contributed by atoms with Crippen molar-refractivity contribution in [1.29, 1.82) is 0 Å². The average Bonchev–Trinajstić information content (AvgIpc) is 2.85. The van der Waals surface area contributed by atoms with Gasteiger partial charge in [-0.05, 0) is 48.9 Å². The summed E-state index contributed by atoms with van der Waals surface area (Å²) in [4.78, 5) is 24.7. The van der Waals surface area contributed by atoms with Gasteiger partial charge in [0.15, 0.2) is 0 Å². The van der Waals surface area contributed by atoms with Crippen molar-refractivity contribution in [3.63, 3.8) is 0 Å². The van der Waals surface area contributed by atoms with Gasteiger partial charge in [-0.3, -0.25) is 9.59 Å². The number of nitrogens with zero attached hydrogens (tertiary/aromatic N) is 2. The average molecular weight is 380 g/mol. The zero-order valence-corrected chi connectivity index (χ0v) is 15.7. The van der Waals surface area contributed by atoms with Crippen LogP contribution in [0, 0.1) is 0 Å². The zero-order valence-electron chi connectivity index (χ0n) is 14.8. The van der Waals surface area contributed by atoms with E-state index in [2.05, 4.69) is 0 Å². The van der Waals surface area contributed by atoms with Crippen LogP contribution in [0.25, 0.3) is 0 Å². The molecular formula is C18H24N2O5S. The van der Waals surface area contributed by atoms with Crippen LogP contribution >= 0.6 is 0 Å². The molecule has 1 heterocycles. The fourth-order valence-corrected chi connectivity index (χ4v) is 5.34.